The first-order valence-electron chi connectivity index (χ1n) is 8.74. The first-order chi connectivity index (χ1) is 11.0. The topological polar surface area (TPSA) is 39.7 Å². The van der Waals surface area contributed by atoms with Crippen molar-refractivity contribution in [3.63, 3.8) is 0 Å². The fourth-order valence-electron chi connectivity index (χ4n) is 2.71. The second-order valence-electron chi connectivity index (χ2n) is 6.89. The van der Waals surface area contributed by atoms with Crippen LogP contribution in [0.2, 0.25) is 0 Å². The van der Waals surface area contributed by atoms with Crippen LogP contribution in [0.1, 0.15) is 43.7 Å². The van der Waals surface area contributed by atoms with Crippen molar-refractivity contribution >= 4 is 5.96 Å². The summed E-state index contributed by atoms with van der Waals surface area (Å²) in [6.07, 6.45) is 2.70. The number of benzene rings is 1. The Morgan fingerprint density at radius 3 is 2.35 bits per heavy atom. The van der Waals surface area contributed by atoms with Gasteiger partial charge in [-0.2, -0.15) is 0 Å². The maximum atomic E-state index is 4.34. The maximum absolute atomic E-state index is 4.34. The Hall–Kier alpha value is -1.55. The molecule has 1 saturated carbocycles. The fraction of sp³-hybridized carbons (Fsp3) is 0.632. The lowest BCUT2D eigenvalue weighted by atomic mass is 10.0. The molecule has 0 aliphatic heterocycles. The minimum absolute atomic E-state index is 0.459. The second kappa shape index (κ2) is 8.34. The van der Waals surface area contributed by atoms with Gasteiger partial charge in [-0.05, 0) is 45.2 Å². The highest BCUT2D eigenvalue weighted by Crippen LogP contribution is 2.26. The third-order valence-corrected chi connectivity index (χ3v) is 4.83. The maximum Gasteiger partial charge on any atom is 0.191 e. The van der Waals surface area contributed by atoms with Crippen LogP contribution in [0, 0.1) is 6.92 Å². The highest BCUT2D eigenvalue weighted by Gasteiger charge is 2.28. The van der Waals surface area contributed by atoms with Gasteiger partial charge < -0.3 is 10.6 Å². The number of rotatable bonds is 7. The molecule has 2 atom stereocenters. The molecule has 128 valence electrons. The molecule has 4 nitrogen and oxygen atoms in total. The molecule has 1 aliphatic carbocycles. The van der Waals surface area contributed by atoms with Gasteiger partial charge in [0.05, 0.1) is 0 Å². The largest absolute Gasteiger partial charge is 0.356 e. The number of nitrogens with one attached hydrogen (secondary N) is 2. The molecule has 0 spiro atoms. The molecule has 1 aliphatic rings. The van der Waals surface area contributed by atoms with Gasteiger partial charge >= 0.3 is 0 Å². The van der Waals surface area contributed by atoms with Crippen LogP contribution in [-0.4, -0.2) is 50.1 Å². The second-order valence-corrected chi connectivity index (χ2v) is 6.89. The molecule has 23 heavy (non-hydrogen) atoms. The Morgan fingerprint density at radius 2 is 1.78 bits per heavy atom. The van der Waals surface area contributed by atoms with E-state index in [4.69, 9.17) is 0 Å². The summed E-state index contributed by atoms with van der Waals surface area (Å²) in [6.45, 7) is 8.45. The Labute approximate surface area is 141 Å². The van der Waals surface area contributed by atoms with Gasteiger partial charge in [-0.15, -0.1) is 0 Å². The van der Waals surface area contributed by atoms with Gasteiger partial charge in [0.25, 0.3) is 0 Å². The smallest absolute Gasteiger partial charge is 0.191 e. The Balaban J connectivity index is 1.74. The van der Waals surface area contributed by atoms with Crippen molar-refractivity contribution < 1.29 is 0 Å². The number of hydrogen-bond donors (Lipinski definition) is 2. The van der Waals surface area contributed by atoms with Gasteiger partial charge in [0.2, 0.25) is 0 Å². The van der Waals surface area contributed by atoms with Crippen LogP contribution < -0.4 is 10.6 Å². The van der Waals surface area contributed by atoms with Crippen LogP contribution in [0.3, 0.4) is 0 Å². The molecule has 0 amide bonds. The molecule has 0 bridgehead atoms. The Bertz CT molecular complexity index is 505. The monoisotopic (exact) mass is 316 g/mol. The molecule has 0 heterocycles. The summed E-state index contributed by atoms with van der Waals surface area (Å²) in [6, 6.07) is 10.1. The Kier molecular flexibility index (Phi) is 6.46. The summed E-state index contributed by atoms with van der Waals surface area (Å²) in [7, 11) is 4.06. The molecular formula is C19H32N4. The van der Waals surface area contributed by atoms with E-state index in [1.54, 1.807) is 0 Å². The lowest BCUT2D eigenvalue weighted by molar-refractivity contribution is 0.247. The van der Waals surface area contributed by atoms with Crippen molar-refractivity contribution in [2.45, 2.75) is 51.6 Å². The average Bonchev–Trinajstić information content (AvgIpc) is 3.39. The minimum Gasteiger partial charge on any atom is -0.356 e. The molecule has 1 aromatic rings. The van der Waals surface area contributed by atoms with Crippen molar-refractivity contribution in [2.75, 3.05) is 27.2 Å². The van der Waals surface area contributed by atoms with Gasteiger partial charge in [0, 0.05) is 32.2 Å². The summed E-state index contributed by atoms with van der Waals surface area (Å²) in [5, 5.41) is 6.89. The summed E-state index contributed by atoms with van der Waals surface area (Å²) in [4.78, 5) is 6.80. The normalized spacial score (nSPS) is 17.9. The van der Waals surface area contributed by atoms with Crippen molar-refractivity contribution in [1.29, 1.82) is 0 Å². The van der Waals surface area contributed by atoms with Crippen LogP contribution in [0.5, 0.6) is 0 Å². The van der Waals surface area contributed by atoms with Crippen molar-refractivity contribution in [1.82, 2.24) is 15.5 Å². The highest BCUT2D eigenvalue weighted by atomic mass is 15.2. The number of guanidine groups is 1. The van der Waals surface area contributed by atoms with E-state index in [0.29, 0.717) is 12.0 Å². The van der Waals surface area contributed by atoms with E-state index in [1.165, 1.54) is 24.0 Å². The van der Waals surface area contributed by atoms with E-state index in [2.05, 4.69) is 72.6 Å². The molecule has 0 aromatic heterocycles. The third-order valence-electron chi connectivity index (χ3n) is 4.83. The van der Waals surface area contributed by atoms with E-state index < -0.39 is 0 Å². The zero-order valence-corrected chi connectivity index (χ0v) is 15.3. The number of likely N-dealkylation sites (N-methyl/N-ethyl adjacent to an activating group) is 1. The molecular weight excluding hydrogens is 284 g/mol. The van der Waals surface area contributed by atoms with Gasteiger partial charge in [-0.3, -0.25) is 9.89 Å². The molecule has 1 aromatic carbocycles. The highest BCUT2D eigenvalue weighted by molar-refractivity contribution is 5.79. The van der Waals surface area contributed by atoms with Gasteiger partial charge in [0.15, 0.2) is 5.96 Å². The molecule has 2 unspecified atom stereocenters. The van der Waals surface area contributed by atoms with Gasteiger partial charge in [-0.1, -0.05) is 36.8 Å². The zero-order valence-electron chi connectivity index (χ0n) is 15.3. The number of hydrogen-bond acceptors (Lipinski definition) is 2. The third kappa shape index (κ3) is 5.54. The SMILES string of the molecule is CN=C(NCC(C)c1ccc(C)cc1)NCC(C)N(C)C1CC1. The molecule has 0 radical (unpaired) electrons. The predicted molar refractivity (Wildman–Crippen MR) is 99.2 cm³/mol. The van der Waals surface area contributed by atoms with Gasteiger partial charge in [-0.25, -0.2) is 0 Å². The fourth-order valence-corrected chi connectivity index (χ4v) is 2.71. The van der Waals surface area contributed by atoms with Gasteiger partial charge in [0.1, 0.15) is 0 Å². The average molecular weight is 316 g/mol. The lowest BCUT2D eigenvalue weighted by Gasteiger charge is -2.25. The molecule has 4 heteroatoms. The van der Waals surface area contributed by atoms with Crippen LogP contribution in [-0.2, 0) is 0 Å². The van der Waals surface area contributed by atoms with Crippen molar-refractivity contribution in [3.8, 4) is 0 Å². The first kappa shape index (κ1) is 17.8. The summed E-state index contributed by atoms with van der Waals surface area (Å²) < 4.78 is 0. The minimum atomic E-state index is 0.459. The van der Waals surface area contributed by atoms with Crippen LogP contribution in [0.25, 0.3) is 0 Å². The molecule has 2 rings (SSSR count). The van der Waals surface area contributed by atoms with E-state index in [1.807, 2.05) is 7.05 Å². The summed E-state index contributed by atoms with van der Waals surface area (Å²) in [5.74, 6) is 1.35. The van der Waals surface area contributed by atoms with Crippen molar-refractivity contribution in [2.24, 2.45) is 4.99 Å². The Morgan fingerprint density at radius 1 is 1.17 bits per heavy atom. The van der Waals surface area contributed by atoms with Crippen LogP contribution >= 0.6 is 0 Å². The predicted octanol–water partition coefficient (Wildman–Crippen LogP) is 2.75. The summed E-state index contributed by atoms with van der Waals surface area (Å²) >= 11 is 0. The first-order valence-corrected chi connectivity index (χ1v) is 8.74. The molecule has 0 saturated heterocycles. The van der Waals surface area contributed by atoms with E-state index in [-0.39, 0.29) is 0 Å². The van der Waals surface area contributed by atoms with E-state index >= 15 is 0 Å². The summed E-state index contributed by atoms with van der Waals surface area (Å²) in [5.41, 5.74) is 2.67. The lowest BCUT2D eigenvalue weighted by Crippen LogP contribution is -2.46. The van der Waals surface area contributed by atoms with Crippen molar-refractivity contribution in [3.05, 3.63) is 35.4 Å². The molecule has 2 N–H and O–H groups in total. The number of aliphatic imine (C=N–C) groups is 1. The molecule has 1 fully saturated rings. The quantitative estimate of drug-likeness (QED) is 0.600. The number of aryl methyl sites for hydroxylation is 1. The number of nitrogens with zero attached hydrogens (tertiary/aromatic N) is 2. The van der Waals surface area contributed by atoms with E-state index in [9.17, 15) is 0 Å². The van der Waals surface area contributed by atoms with Crippen LogP contribution in [0.15, 0.2) is 29.3 Å². The van der Waals surface area contributed by atoms with E-state index in [0.717, 1.165) is 25.1 Å². The van der Waals surface area contributed by atoms with Crippen LogP contribution in [0.4, 0.5) is 0 Å². The zero-order chi connectivity index (χ0) is 16.8. The standard InChI is InChI=1S/C19H32N4/c1-14-6-8-17(9-7-14)15(2)12-21-19(20-4)22-13-16(3)23(5)18-10-11-18/h6-9,15-16,18H,10-13H2,1-5H3,(H2,20,21,22).